The van der Waals surface area contributed by atoms with Gasteiger partial charge in [-0.3, -0.25) is 0 Å². The van der Waals surface area contributed by atoms with Crippen molar-refractivity contribution in [3.05, 3.63) is 34.5 Å². The van der Waals surface area contributed by atoms with E-state index in [0.29, 0.717) is 0 Å². The van der Waals surface area contributed by atoms with Crippen molar-refractivity contribution < 1.29 is 9.15 Å². The zero-order valence-corrected chi connectivity index (χ0v) is 10.7. The molecule has 3 nitrogen and oxygen atoms in total. The summed E-state index contributed by atoms with van der Waals surface area (Å²) in [7, 11) is 1.70. The minimum Gasteiger partial charge on any atom is -0.464 e. The van der Waals surface area contributed by atoms with Gasteiger partial charge in [-0.2, -0.15) is 0 Å². The maximum absolute atomic E-state index is 5.47. The SMILES string of the molecule is COCCNCc1coc2ccc(Br)cc12. The fraction of sp³-hybridized carbons (Fsp3) is 0.333. The summed E-state index contributed by atoms with van der Waals surface area (Å²) in [5, 5.41) is 4.45. The first-order chi connectivity index (χ1) is 7.81. The van der Waals surface area contributed by atoms with Crippen LogP contribution in [0.1, 0.15) is 5.56 Å². The van der Waals surface area contributed by atoms with Gasteiger partial charge in [0.2, 0.25) is 0 Å². The molecule has 0 bridgehead atoms. The highest BCUT2D eigenvalue weighted by Gasteiger charge is 2.05. The van der Waals surface area contributed by atoms with Gasteiger partial charge in [-0.1, -0.05) is 15.9 Å². The van der Waals surface area contributed by atoms with Crippen molar-refractivity contribution in [3.63, 3.8) is 0 Å². The van der Waals surface area contributed by atoms with Crippen LogP contribution in [0.2, 0.25) is 0 Å². The van der Waals surface area contributed by atoms with Crippen LogP contribution in [0.15, 0.2) is 33.4 Å². The van der Waals surface area contributed by atoms with Crippen molar-refractivity contribution in [1.82, 2.24) is 5.32 Å². The highest BCUT2D eigenvalue weighted by atomic mass is 79.9. The first-order valence-corrected chi connectivity index (χ1v) is 5.96. The van der Waals surface area contributed by atoms with Gasteiger partial charge >= 0.3 is 0 Å². The quantitative estimate of drug-likeness (QED) is 0.857. The van der Waals surface area contributed by atoms with Crippen molar-refractivity contribution in [3.8, 4) is 0 Å². The lowest BCUT2D eigenvalue weighted by atomic mass is 10.2. The summed E-state index contributed by atoms with van der Waals surface area (Å²) in [5.41, 5.74) is 2.10. The Hall–Kier alpha value is -0.840. The average molecular weight is 284 g/mol. The maximum atomic E-state index is 5.47. The number of nitrogens with one attached hydrogen (secondary N) is 1. The highest BCUT2D eigenvalue weighted by molar-refractivity contribution is 9.10. The molecule has 4 heteroatoms. The molecule has 0 spiro atoms. The molecule has 2 aromatic rings. The summed E-state index contributed by atoms with van der Waals surface area (Å²) >= 11 is 3.46. The van der Waals surface area contributed by atoms with E-state index < -0.39 is 0 Å². The fourth-order valence-corrected chi connectivity index (χ4v) is 1.95. The first kappa shape index (κ1) is 11.6. The number of rotatable bonds is 5. The molecule has 0 atom stereocenters. The van der Waals surface area contributed by atoms with Gasteiger partial charge < -0.3 is 14.5 Å². The lowest BCUT2D eigenvalue weighted by Gasteiger charge is -2.02. The molecule has 2 rings (SSSR count). The van der Waals surface area contributed by atoms with E-state index in [2.05, 4.69) is 27.3 Å². The molecule has 0 saturated carbocycles. The topological polar surface area (TPSA) is 34.4 Å². The van der Waals surface area contributed by atoms with Crippen molar-refractivity contribution >= 4 is 26.9 Å². The lowest BCUT2D eigenvalue weighted by Crippen LogP contribution is -2.18. The maximum Gasteiger partial charge on any atom is 0.134 e. The van der Waals surface area contributed by atoms with E-state index in [9.17, 15) is 0 Å². The molecule has 0 fully saturated rings. The molecule has 16 heavy (non-hydrogen) atoms. The third kappa shape index (κ3) is 2.64. The average Bonchev–Trinajstić information content (AvgIpc) is 2.67. The first-order valence-electron chi connectivity index (χ1n) is 5.16. The normalized spacial score (nSPS) is 11.1. The van der Waals surface area contributed by atoms with E-state index in [4.69, 9.17) is 9.15 Å². The summed E-state index contributed by atoms with van der Waals surface area (Å²) in [6, 6.07) is 6.03. The highest BCUT2D eigenvalue weighted by Crippen LogP contribution is 2.24. The van der Waals surface area contributed by atoms with Gasteiger partial charge in [0.05, 0.1) is 12.9 Å². The van der Waals surface area contributed by atoms with Crippen molar-refractivity contribution in [2.45, 2.75) is 6.54 Å². The Kier molecular flexibility index (Phi) is 3.98. The van der Waals surface area contributed by atoms with E-state index >= 15 is 0 Å². The molecule has 0 radical (unpaired) electrons. The van der Waals surface area contributed by atoms with Crippen LogP contribution in [0.4, 0.5) is 0 Å². The second kappa shape index (κ2) is 5.48. The molecule has 0 aliphatic carbocycles. The second-order valence-corrected chi connectivity index (χ2v) is 4.49. The lowest BCUT2D eigenvalue weighted by molar-refractivity contribution is 0.199. The molecule has 1 heterocycles. The Balaban J connectivity index is 2.09. The Morgan fingerprint density at radius 2 is 2.31 bits per heavy atom. The largest absolute Gasteiger partial charge is 0.464 e. The second-order valence-electron chi connectivity index (χ2n) is 3.57. The minimum atomic E-state index is 0.722. The summed E-state index contributed by atoms with van der Waals surface area (Å²) < 4.78 is 11.5. The molecule has 0 saturated heterocycles. The molecule has 86 valence electrons. The van der Waals surface area contributed by atoms with E-state index in [1.54, 1.807) is 13.4 Å². The summed E-state index contributed by atoms with van der Waals surface area (Å²) in [4.78, 5) is 0. The molecule has 0 unspecified atom stereocenters. The number of benzene rings is 1. The smallest absolute Gasteiger partial charge is 0.134 e. The van der Waals surface area contributed by atoms with Crippen LogP contribution in [0.5, 0.6) is 0 Å². The van der Waals surface area contributed by atoms with Crippen molar-refractivity contribution in [2.24, 2.45) is 0 Å². The number of hydrogen-bond acceptors (Lipinski definition) is 3. The number of furan rings is 1. The van der Waals surface area contributed by atoms with Crippen LogP contribution >= 0.6 is 15.9 Å². The van der Waals surface area contributed by atoms with E-state index in [0.717, 1.165) is 35.1 Å². The van der Waals surface area contributed by atoms with Gasteiger partial charge in [-0.05, 0) is 18.2 Å². The number of halogens is 1. The van der Waals surface area contributed by atoms with Crippen LogP contribution in [0.25, 0.3) is 11.0 Å². The van der Waals surface area contributed by atoms with E-state index in [1.165, 1.54) is 5.56 Å². The Labute approximate surface area is 103 Å². The number of hydrogen-bond donors (Lipinski definition) is 1. The number of ether oxygens (including phenoxy) is 1. The van der Waals surface area contributed by atoms with Crippen LogP contribution in [-0.2, 0) is 11.3 Å². The Bertz CT molecular complexity index is 467. The summed E-state index contributed by atoms with van der Waals surface area (Å²) in [6.45, 7) is 2.36. The van der Waals surface area contributed by atoms with E-state index in [1.807, 2.05) is 12.1 Å². The van der Waals surface area contributed by atoms with Gasteiger partial charge in [-0.25, -0.2) is 0 Å². The molecular formula is C12H14BrNO2. The van der Waals surface area contributed by atoms with Gasteiger partial charge in [0, 0.05) is 35.6 Å². The third-order valence-corrected chi connectivity index (χ3v) is 2.91. The minimum absolute atomic E-state index is 0.722. The predicted octanol–water partition coefficient (Wildman–Crippen LogP) is 2.93. The zero-order chi connectivity index (χ0) is 11.4. The predicted molar refractivity (Wildman–Crippen MR) is 67.5 cm³/mol. The van der Waals surface area contributed by atoms with Crippen LogP contribution < -0.4 is 5.32 Å². The molecule has 0 aliphatic heterocycles. The van der Waals surface area contributed by atoms with Crippen LogP contribution in [-0.4, -0.2) is 20.3 Å². The van der Waals surface area contributed by atoms with Gasteiger partial charge in [0.1, 0.15) is 5.58 Å². The van der Waals surface area contributed by atoms with E-state index in [-0.39, 0.29) is 0 Å². The van der Waals surface area contributed by atoms with Gasteiger partial charge in [0.15, 0.2) is 0 Å². The standard InChI is InChI=1S/C12H14BrNO2/c1-15-5-4-14-7-9-8-16-12-3-2-10(13)6-11(9)12/h2-3,6,8,14H,4-5,7H2,1H3. The van der Waals surface area contributed by atoms with Crippen molar-refractivity contribution in [1.29, 1.82) is 0 Å². The molecule has 0 aliphatic rings. The Morgan fingerprint density at radius 3 is 3.12 bits per heavy atom. The number of fused-ring (bicyclic) bond motifs is 1. The fourth-order valence-electron chi connectivity index (χ4n) is 1.59. The van der Waals surface area contributed by atoms with Crippen molar-refractivity contribution in [2.75, 3.05) is 20.3 Å². The third-order valence-electron chi connectivity index (χ3n) is 2.41. The molecule has 1 N–H and O–H groups in total. The molecule has 1 aromatic heterocycles. The molecule has 0 amide bonds. The molecular weight excluding hydrogens is 270 g/mol. The zero-order valence-electron chi connectivity index (χ0n) is 9.13. The van der Waals surface area contributed by atoms with Crippen LogP contribution in [0.3, 0.4) is 0 Å². The van der Waals surface area contributed by atoms with Crippen LogP contribution in [0, 0.1) is 0 Å². The summed E-state index contributed by atoms with van der Waals surface area (Å²) in [6.07, 6.45) is 1.80. The number of methoxy groups -OCH3 is 1. The monoisotopic (exact) mass is 283 g/mol. The van der Waals surface area contributed by atoms with Gasteiger partial charge in [-0.15, -0.1) is 0 Å². The Morgan fingerprint density at radius 1 is 1.44 bits per heavy atom. The van der Waals surface area contributed by atoms with Gasteiger partial charge in [0.25, 0.3) is 0 Å². The molecule has 1 aromatic carbocycles. The summed E-state index contributed by atoms with van der Waals surface area (Å²) in [5.74, 6) is 0.